The molecule has 1 heterocycles. The molecule has 0 saturated heterocycles. The number of aromatic nitrogens is 1. The molecular formula is C15H14ClF3N2O2. The number of hydrogen-bond acceptors (Lipinski definition) is 4. The first kappa shape index (κ1) is 17.4. The van der Waals surface area contributed by atoms with Crippen LogP contribution in [-0.2, 0) is 19.3 Å². The Morgan fingerprint density at radius 1 is 1.30 bits per heavy atom. The summed E-state index contributed by atoms with van der Waals surface area (Å²) in [5.41, 5.74) is -0.113. The molecule has 0 atom stereocenters. The number of benzene rings is 1. The lowest BCUT2D eigenvalue weighted by atomic mass is 10.1. The fourth-order valence-electron chi connectivity index (χ4n) is 2.11. The minimum atomic E-state index is -4.57. The van der Waals surface area contributed by atoms with Gasteiger partial charge in [0.25, 0.3) is 0 Å². The first-order valence-corrected chi connectivity index (χ1v) is 6.99. The number of rotatable bonds is 4. The number of aromatic hydroxyl groups is 1. The van der Waals surface area contributed by atoms with E-state index in [1.807, 2.05) is 0 Å². The van der Waals surface area contributed by atoms with Crippen molar-refractivity contribution in [1.82, 2.24) is 4.98 Å². The standard InChI is InChI=1S/C15H14ClF3N2O2/c1-8-14(23)11(9(7-22)5-20-8)6-21-13-3-2-10(16)4-12(13)15(17,18)19/h2-5,21-23H,6-7H2,1H3. The van der Waals surface area contributed by atoms with Crippen molar-refractivity contribution in [2.24, 2.45) is 0 Å². The summed E-state index contributed by atoms with van der Waals surface area (Å²) in [4.78, 5) is 3.90. The molecule has 0 saturated carbocycles. The minimum absolute atomic E-state index is 0.0264. The molecule has 124 valence electrons. The number of aliphatic hydroxyl groups excluding tert-OH is 1. The molecule has 3 N–H and O–H groups in total. The molecule has 2 aromatic rings. The molecule has 23 heavy (non-hydrogen) atoms. The predicted octanol–water partition coefficient (Wildman–Crippen LogP) is 3.87. The lowest BCUT2D eigenvalue weighted by molar-refractivity contribution is -0.136. The zero-order valence-corrected chi connectivity index (χ0v) is 12.8. The third kappa shape index (κ3) is 3.86. The van der Waals surface area contributed by atoms with Gasteiger partial charge in [0.2, 0.25) is 0 Å². The Morgan fingerprint density at radius 3 is 2.61 bits per heavy atom. The molecule has 0 unspecified atom stereocenters. The molecule has 0 aliphatic rings. The number of aliphatic hydroxyl groups is 1. The second kappa shape index (κ2) is 6.64. The minimum Gasteiger partial charge on any atom is -0.506 e. The monoisotopic (exact) mass is 346 g/mol. The molecule has 0 spiro atoms. The lowest BCUT2D eigenvalue weighted by Gasteiger charge is -2.17. The summed E-state index contributed by atoms with van der Waals surface area (Å²) in [5.74, 6) is -0.161. The molecule has 0 amide bonds. The summed E-state index contributed by atoms with van der Waals surface area (Å²) in [6.07, 6.45) is -3.19. The molecular weight excluding hydrogens is 333 g/mol. The number of nitrogens with zero attached hydrogens (tertiary/aromatic N) is 1. The maximum Gasteiger partial charge on any atom is 0.418 e. The van der Waals surface area contributed by atoms with Crippen LogP contribution < -0.4 is 5.32 Å². The van der Waals surface area contributed by atoms with Crippen LogP contribution in [0.1, 0.15) is 22.4 Å². The third-order valence-electron chi connectivity index (χ3n) is 3.34. The summed E-state index contributed by atoms with van der Waals surface area (Å²) in [7, 11) is 0. The molecule has 8 heteroatoms. The Balaban J connectivity index is 2.34. The summed E-state index contributed by atoms with van der Waals surface area (Å²) >= 11 is 5.62. The molecule has 1 aromatic heterocycles. The van der Waals surface area contributed by atoms with Gasteiger partial charge in [-0.25, -0.2) is 0 Å². The van der Waals surface area contributed by atoms with Gasteiger partial charge in [-0.15, -0.1) is 0 Å². The Labute approximate surface area is 135 Å². The Hall–Kier alpha value is -1.99. The van der Waals surface area contributed by atoms with E-state index < -0.39 is 11.7 Å². The fraction of sp³-hybridized carbons (Fsp3) is 0.267. The summed E-state index contributed by atoms with van der Waals surface area (Å²) in [6, 6.07) is 3.38. The number of pyridine rings is 1. The highest BCUT2D eigenvalue weighted by atomic mass is 35.5. The third-order valence-corrected chi connectivity index (χ3v) is 3.58. The normalized spacial score (nSPS) is 11.6. The topological polar surface area (TPSA) is 65.4 Å². The summed E-state index contributed by atoms with van der Waals surface area (Å²) < 4.78 is 39.1. The average molecular weight is 347 g/mol. The summed E-state index contributed by atoms with van der Waals surface area (Å²) in [5, 5.41) is 21.9. The largest absolute Gasteiger partial charge is 0.506 e. The number of anilines is 1. The maximum absolute atomic E-state index is 13.0. The number of alkyl halides is 3. The van der Waals surface area contributed by atoms with Crippen LogP contribution in [0.3, 0.4) is 0 Å². The highest BCUT2D eigenvalue weighted by Crippen LogP contribution is 2.37. The van der Waals surface area contributed by atoms with E-state index in [1.165, 1.54) is 18.3 Å². The van der Waals surface area contributed by atoms with E-state index in [9.17, 15) is 23.4 Å². The second-order valence-electron chi connectivity index (χ2n) is 4.90. The van der Waals surface area contributed by atoms with Gasteiger partial charge in [0.1, 0.15) is 5.75 Å². The van der Waals surface area contributed by atoms with E-state index in [0.717, 1.165) is 6.07 Å². The molecule has 1 aromatic carbocycles. The SMILES string of the molecule is Cc1ncc(CO)c(CNc2ccc(Cl)cc2C(F)(F)F)c1O. The van der Waals surface area contributed by atoms with E-state index in [4.69, 9.17) is 11.6 Å². The van der Waals surface area contributed by atoms with Crippen molar-refractivity contribution in [3.63, 3.8) is 0 Å². The average Bonchev–Trinajstić information content (AvgIpc) is 2.48. The van der Waals surface area contributed by atoms with Gasteiger partial charge in [-0.3, -0.25) is 4.98 Å². The summed E-state index contributed by atoms with van der Waals surface area (Å²) in [6.45, 7) is 1.07. The van der Waals surface area contributed by atoms with Crippen LogP contribution in [-0.4, -0.2) is 15.2 Å². The van der Waals surface area contributed by atoms with Gasteiger partial charge in [-0.1, -0.05) is 11.6 Å². The van der Waals surface area contributed by atoms with Crippen LogP contribution in [0, 0.1) is 6.92 Å². The van der Waals surface area contributed by atoms with E-state index in [2.05, 4.69) is 10.3 Å². The van der Waals surface area contributed by atoms with Gasteiger partial charge >= 0.3 is 6.18 Å². The van der Waals surface area contributed by atoms with Gasteiger partial charge < -0.3 is 15.5 Å². The first-order valence-electron chi connectivity index (χ1n) is 6.61. The van der Waals surface area contributed by atoms with Crippen molar-refractivity contribution in [3.8, 4) is 5.75 Å². The van der Waals surface area contributed by atoms with E-state index in [0.29, 0.717) is 16.8 Å². The Bertz CT molecular complexity index is 721. The van der Waals surface area contributed by atoms with E-state index in [1.54, 1.807) is 6.92 Å². The lowest BCUT2D eigenvalue weighted by Crippen LogP contribution is -2.12. The van der Waals surface area contributed by atoms with Crippen LogP contribution in [0.25, 0.3) is 0 Å². The Morgan fingerprint density at radius 2 is 2.00 bits per heavy atom. The Kier molecular flexibility index (Phi) is 5.01. The smallest absolute Gasteiger partial charge is 0.418 e. The van der Waals surface area contributed by atoms with Gasteiger partial charge in [0, 0.05) is 34.6 Å². The van der Waals surface area contributed by atoms with Crippen molar-refractivity contribution < 1.29 is 23.4 Å². The first-order chi connectivity index (χ1) is 10.7. The number of hydrogen-bond donors (Lipinski definition) is 3. The zero-order chi connectivity index (χ0) is 17.2. The van der Waals surface area contributed by atoms with Crippen LogP contribution in [0.2, 0.25) is 5.02 Å². The van der Waals surface area contributed by atoms with Crippen molar-refractivity contribution in [2.45, 2.75) is 26.3 Å². The molecule has 2 rings (SSSR count). The van der Waals surface area contributed by atoms with Gasteiger partial charge in [0.05, 0.1) is 17.9 Å². The number of nitrogens with one attached hydrogen (secondary N) is 1. The van der Waals surface area contributed by atoms with Gasteiger partial charge in [-0.05, 0) is 25.1 Å². The highest BCUT2D eigenvalue weighted by Gasteiger charge is 2.33. The predicted molar refractivity (Wildman–Crippen MR) is 80.3 cm³/mol. The van der Waals surface area contributed by atoms with Crippen LogP contribution in [0.15, 0.2) is 24.4 Å². The fourth-order valence-corrected chi connectivity index (χ4v) is 2.28. The molecule has 0 bridgehead atoms. The van der Waals surface area contributed by atoms with E-state index in [-0.39, 0.29) is 29.6 Å². The van der Waals surface area contributed by atoms with Crippen LogP contribution >= 0.6 is 11.6 Å². The molecule has 4 nitrogen and oxygen atoms in total. The molecule has 0 aliphatic heterocycles. The maximum atomic E-state index is 13.0. The van der Waals surface area contributed by atoms with Crippen molar-refractivity contribution in [1.29, 1.82) is 0 Å². The molecule has 0 radical (unpaired) electrons. The van der Waals surface area contributed by atoms with Crippen LogP contribution in [0.5, 0.6) is 5.75 Å². The number of halogens is 4. The highest BCUT2D eigenvalue weighted by molar-refractivity contribution is 6.30. The van der Waals surface area contributed by atoms with Gasteiger partial charge in [-0.2, -0.15) is 13.2 Å². The number of aryl methyl sites for hydroxylation is 1. The molecule has 0 aliphatic carbocycles. The zero-order valence-electron chi connectivity index (χ0n) is 12.1. The van der Waals surface area contributed by atoms with Crippen molar-refractivity contribution >= 4 is 17.3 Å². The van der Waals surface area contributed by atoms with Crippen molar-refractivity contribution in [2.75, 3.05) is 5.32 Å². The van der Waals surface area contributed by atoms with Crippen LogP contribution in [0.4, 0.5) is 18.9 Å². The quantitative estimate of drug-likeness (QED) is 0.786. The van der Waals surface area contributed by atoms with Crippen molar-refractivity contribution in [3.05, 3.63) is 51.8 Å². The van der Waals surface area contributed by atoms with Gasteiger partial charge in [0.15, 0.2) is 0 Å². The second-order valence-corrected chi connectivity index (χ2v) is 5.33. The molecule has 0 fully saturated rings. The van der Waals surface area contributed by atoms with E-state index >= 15 is 0 Å².